The first-order valence-corrected chi connectivity index (χ1v) is 7.87. The summed E-state index contributed by atoms with van der Waals surface area (Å²) in [5.41, 5.74) is 2.47. The van der Waals surface area contributed by atoms with E-state index in [2.05, 4.69) is 15.6 Å². The van der Waals surface area contributed by atoms with E-state index >= 15 is 0 Å². The number of amides is 1. The molecule has 2 N–H and O–H groups in total. The highest BCUT2D eigenvalue weighted by Crippen LogP contribution is 2.23. The molecule has 5 nitrogen and oxygen atoms in total. The predicted molar refractivity (Wildman–Crippen MR) is 89.6 cm³/mol. The van der Waals surface area contributed by atoms with Crippen molar-refractivity contribution in [3.8, 4) is 16.9 Å². The largest absolute Gasteiger partial charge is 0.497 e. The quantitative estimate of drug-likeness (QED) is 0.909. The minimum atomic E-state index is -0.0610. The number of nitrogens with zero attached hydrogens (tertiary/aromatic N) is 1. The molecule has 1 aromatic carbocycles. The number of methoxy groups -OCH3 is 1. The van der Waals surface area contributed by atoms with Crippen LogP contribution in [0.25, 0.3) is 11.1 Å². The van der Waals surface area contributed by atoms with Crippen LogP contribution in [-0.2, 0) is 0 Å². The molecule has 0 atom stereocenters. The number of ether oxygens (including phenoxy) is 1. The van der Waals surface area contributed by atoms with Gasteiger partial charge >= 0.3 is 0 Å². The summed E-state index contributed by atoms with van der Waals surface area (Å²) in [5, 5.41) is 6.39. The lowest BCUT2D eigenvalue weighted by atomic mass is 10.0. The summed E-state index contributed by atoms with van der Waals surface area (Å²) in [5.74, 6) is 0.723. The lowest BCUT2D eigenvalue weighted by Gasteiger charge is -2.23. The SMILES string of the molecule is COc1cccc(-c2cncc(C(=O)NC3CCNCC3)c2)c1. The van der Waals surface area contributed by atoms with Crippen molar-refractivity contribution in [2.75, 3.05) is 20.2 Å². The molecule has 3 rings (SSSR count). The Morgan fingerprint density at radius 1 is 1.22 bits per heavy atom. The van der Waals surface area contributed by atoms with Crippen molar-refractivity contribution >= 4 is 5.91 Å². The van der Waals surface area contributed by atoms with Gasteiger partial charge < -0.3 is 15.4 Å². The Kier molecular flexibility index (Phi) is 4.88. The van der Waals surface area contributed by atoms with Gasteiger partial charge in [0.15, 0.2) is 0 Å². The number of hydrogen-bond acceptors (Lipinski definition) is 4. The van der Waals surface area contributed by atoms with E-state index < -0.39 is 0 Å². The van der Waals surface area contributed by atoms with Gasteiger partial charge in [0, 0.05) is 24.0 Å². The second kappa shape index (κ2) is 7.24. The fourth-order valence-electron chi connectivity index (χ4n) is 2.76. The molecule has 0 unspecified atom stereocenters. The van der Waals surface area contributed by atoms with Gasteiger partial charge in [-0.3, -0.25) is 9.78 Å². The highest BCUT2D eigenvalue weighted by Gasteiger charge is 2.17. The molecule has 0 aliphatic carbocycles. The van der Waals surface area contributed by atoms with Crippen LogP contribution >= 0.6 is 0 Å². The molecule has 5 heteroatoms. The number of pyridine rings is 1. The molecule has 0 spiro atoms. The third kappa shape index (κ3) is 3.87. The van der Waals surface area contributed by atoms with Crippen molar-refractivity contribution in [3.63, 3.8) is 0 Å². The molecular formula is C18H21N3O2. The van der Waals surface area contributed by atoms with Gasteiger partial charge in [0.2, 0.25) is 0 Å². The van der Waals surface area contributed by atoms with Crippen molar-refractivity contribution in [2.24, 2.45) is 0 Å². The molecular weight excluding hydrogens is 290 g/mol. The highest BCUT2D eigenvalue weighted by atomic mass is 16.5. The van der Waals surface area contributed by atoms with Gasteiger partial charge in [-0.15, -0.1) is 0 Å². The summed E-state index contributed by atoms with van der Waals surface area (Å²) in [4.78, 5) is 16.6. The fraction of sp³-hybridized carbons (Fsp3) is 0.333. The summed E-state index contributed by atoms with van der Waals surface area (Å²) in [6.45, 7) is 1.90. The number of aromatic nitrogens is 1. The Labute approximate surface area is 136 Å². The average molecular weight is 311 g/mol. The van der Waals surface area contributed by atoms with E-state index in [0.29, 0.717) is 5.56 Å². The number of piperidine rings is 1. The standard InChI is InChI=1S/C18H21N3O2/c1-23-17-4-2-3-13(10-17)14-9-15(12-20-11-14)18(22)21-16-5-7-19-8-6-16/h2-4,9-12,16,19H,5-8H2,1H3,(H,21,22). The van der Waals surface area contributed by atoms with Gasteiger partial charge in [0.05, 0.1) is 12.7 Å². The first-order chi connectivity index (χ1) is 11.3. The highest BCUT2D eigenvalue weighted by molar-refractivity contribution is 5.95. The topological polar surface area (TPSA) is 63.2 Å². The molecule has 0 radical (unpaired) electrons. The summed E-state index contributed by atoms with van der Waals surface area (Å²) in [6.07, 6.45) is 5.31. The summed E-state index contributed by atoms with van der Waals surface area (Å²) < 4.78 is 5.25. The average Bonchev–Trinajstić information content (AvgIpc) is 2.63. The van der Waals surface area contributed by atoms with Crippen molar-refractivity contribution in [1.29, 1.82) is 0 Å². The van der Waals surface area contributed by atoms with Crippen LogP contribution in [0.2, 0.25) is 0 Å². The van der Waals surface area contributed by atoms with Crippen LogP contribution in [0.1, 0.15) is 23.2 Å². The molecule has 2 aromatic rings. The summed E-state index contributed by atoms with van der Waals surface area (Å²) in [7, 11) is 1.64. The van der Waals surface area contributed by atoms with Crippen LogP contribution in [0.5, 0.6) is 5.75 Å². The molecule has 2 heterocycles. The van der Waals surface area contributed by atoms with E-state index in [1.165, 1.54) is 0 Å². The van der Waals surface area contributed by atoms with Crippen molar-refractivity contribution in [1.82, 2.24) is 15.6 Å². The Morgan fingerprint density at radius 2 is 2.04 bits per heavy atom. The smallest absolute Gasteiger partial charge is 0.253 e. The minimum Gasteiger partial charge on any atom is -0.497 e. The second-order valence-corrected chi connectivity index (χ2v) is 5.69. The molecule has 1 amide bonds. The minimum absolute atomic E-state index is 0.0610. The predicted octanol–water partition coefficient (Wildman–Crippen LogP) is 2.24. The number of carbonyl (C=O) groups is 1. The van der Waals surface area contributed by atoms with E-state index in [-0.39, 0.29) is 11.9 Å². The van der Waals surface area contributed by atoms with E-state index in [9.17, 15) is 4.79 Å². The molecule has 1 aliphatic rings. The van der Waals surface area contributed by atoms with Crippen LogP contribution < -0.4 is 15.4 Å². The van der Waals surface area contributed by atoms with Crippen molar-refractivity contribution < 1.29 is 9.53 Å². The molecule has 120 valence electrons. The number of carbonyl (C=O) groups excluding carboxylic acids is 1. The Morgan fingerprint density at radius 3 is 2.83 bits per heavy atom. The van der Waals surface area contributed by atoms with Gasteiger partial charge in [0.25, 0.3) is 5.91 Å². The van der Waals surface area contributed by atoms with Gasteiger partial charge in [-0.2, -0.15) is 0 Å². The van der Waals surface area contributed by atoms with Crippen molar-refractivity contribution in [2.45, 2.75) is 18.9 Å². The number of benzene rings is 1. The maximum atomic E-state index is 12.4. The Bertz CT molecular complexity index is 681. The Hall–Kier alpha value is -2.40. The maximum absolute atomic E-state index is 12.4. The zero-order chi connectivity index (χ0) is 16.1. The number of hydrogen-bond donors (Lipinski definition) is 2. The summed E-state index contributed by atoms with van der Waals surface area (Å²) >= 11 is 0. The molecule has 23 heavy (non-hydrogen) atoms. The van der Waals surface area contributed by atoms with E-state index in [0.717, 1.165) is 42.8 Å². The monoisotopic (exact) mass is 311 g/mol. The molecule has 1 aromatic heterocycles. The summed E-state index contributed by atoms with van der Waals surface area (Å²) in [6, 6.07) is 9.85. The zero-order valence-corrected chi connectivity index (χ0v) is 13.2. The molecule has 1 fully saturated rings. The first-order valence-electron chi connectivity index (χ1n) is 7.87. The van der Waals surface area contributed by atoms with Crippen LogP contribution in [0.3, 0.4) is 0 Å². The molecule has 1 saturated heterocycles. The zero-order valence-electron chi connectivity index (χ0n) is 13.2. The number of rotatable bonds is 4. The molecule has 1 aliphatic heterocycles. The second-order valence-electron chi connectivity index (χ2n) is 5.69. The van der Waals surface area contributed by atoms with Crippen LogP contribution in [-0.4, -0.2) is 37.1 Å². The third-order valence-electron chi connectivity index (χ3n) is 4.08. The maximum Gasteiger partial charge on any atom is 0.253 e. The van der Waals surface area contributed by atoms with E-state index in [4.69, 9.17) is 4.74 Å². The van der Waals surface area contributed by atoms with E-state index in [1.807, 2.05) is 30.3 Å². The van der Waals surface area contributed by atoms with Crippen LogP contribution in [0.15, 0.2) is 42.7 Å². The lowest BCUT2D eigenvalue weighted by Crippen LogP contribution is -2.42. The van der Waals surface area contributed by atoms with Gasteiger partial charge in [-0.25, -0.2) is 0 Å². The first kappa shape index (κ1) is 15.5. The molecule has 0 saturated carbocycles. The Balaban J connectivity index is 1.77. The molecule has 0 bridgehead atoms. The van der Waals surface area contributed by atoms with Gasteiger partial charge in [-0.1, -0.05) is 12.1 Å². The van der Waals surface area contributed by atoms with Crippen LogP contribution in [0.4, 0.5) is 0 Å². The normalized spacial score (nSPS) is 15.2. The lowest BCUT2D eigenvalue weighted by molar-refractivity contribution is 0.0929. The van der Waals surface area contributed by atoms with Gasteiger partial charge in [0.1, 0.15) is 5.75 Å². The third-order valence-corrected chi connectivity index (χ3v) is 4.08. The fourth-order valence-corrected chi connectivity index (χ4v) is 2.76. The number of nitrogens with one attached hydrogen (secondary N) is 2. The van der Waals surface area contributed by atoms with Gasteiger partial charge in [-0.05, 0) is 49.7 Å². The van der Waals surface area contributed by atoms with E-state index in [1.54, 1.807) is 19.5 Å². The van der Waals surface area contributed by atoms with Crippen molar-refractivity contribution in [3.05, 3.63) is 48.3 Å². The van der Waals surface area contributed by atoms with Crippen LogP contribution in [0, 0.1) is 0 Å².